The van der Waals surface area contributed by atoms with Crippen LogP contribution in [0.1, 0.15) is 60.8 Å². The number of hydrogen-bond donors (Lipinski definition) is 1. The van der Waals surface area contributed by atoms with Gasteiger partial charge in [-0.3, -0.25) is 9.69 Å². The van der Waals surface area contributed by atoms with Gasteiger partial charge in [0.2, 0.25) is 0 Å². The van der Waals surface area contributed by atoms with Crippen LogP contribution >= 0.6 is 0 Å². The molecule has 1 saturated carbocycles. The van der Waals surface area contributed by atoms with E-state index >= 15 is 0 Å². The molecule has 1 aliphatic carbocycles. The fraction of sp³-hybridized carbons (Fsp3) is 0.435. The largest absolute Gasteiger partial charge is 0.320 e. The van der Waals surface area contributed by atoms with Crippen molar-refractivity contribution in [3.05, 3.63) is 71.3 Å². The zero-order chi connectivity index (χ0) is 18.1. The monoisotopic (exact) mass is 349 g/mol. The van der Waals surface area contributed by atoms with Gasteiger partial charge in [-0.15, -0.1) is 0 Å². The molecular formula is C23H29N2O+. The number of carbonyl (C=O) groups excluding carboxylic acids is 1. The van der Waals surface area contributed by atoms with Crippen molar-refractivity contribution >= 4 is 5.91 Å². The van der Waals surface area contributed by atoms with E-state index in [9.17, 15) is 4.79 Å². The van der Waals surface area contributed by atoms with E-state index in [0.717, 1.165) is 11.5 Å². The Balaban J connectivity index is 1.62. The van der Waals surface area contributed by atoms with Crippen LogP contribution in [0.4, 0.5) is 0 Å². The van der Waals surface area contributed by atoms with Gasteiger partial charge < -0.3 is 5.32 Å². The Hall–Kier alpha value is -2.13. The first kappa shape index (κ1) is 17.3. The predicted octanol–water partition coefficient (Wildman–Crippen LogP) is 3.73. The number of hydrogen-bond acceptors (Lipinski definition) is 1. The van der Waals surface area contributed by atoms with E-state index in [0.29, 0.717) is 18.5 Å². The summed E-state index contributed by atoms with van der Waals surface area (Å²) in [6.07, 6.45) is 3.97. The number of carbonyl (C=O) groups is 1. The standard InChI is InChI=1S/C23H28N2O/c1-16-9-8-14-21(17(16)2)24-22-19-12-6-7-13-20(19)23(26)25(22)15-18-10-4-3-5-11-18/h3-7,10-13,16-17,21-22,24H,8-9,14-15H2,1-2H3/p+1/t16-,17-,21-,22+/m1/s1. The van der Waals surface area contributed by atoms with Gasteiger partial charge in [0.15, 0.2) is 6.17 Å². The molecule has 1 aliphatic heterocycles. The van der Waals surface area contributed by atoms with Gasteiger partial charge in [-0.1, -0.05) is 62.4 Å². The normalized spacial score (nSPS) is 28.2. The second-order valence-electron chi connectivity index (χ2n) is 8.07. The van der Waals surface area contributed by atoms with Gasteiger partial charge in [0.25, 0.3) is 5.91 Å². The first-order chi connectivity index (χ1) is 12.6. The van der Waals surface area contributed by atoms with Crippen LogP contribution in [-0.4, -0.2) is 16.8 Å². The van der Waals surface area contributed by atoms with Crippen molar-refractivity contribution in [2.75, 3.05) is 0 Å². The van der Waals surface area contributed by atoms with Crippen molar-refractivity contribution < 1.29 is 10.1 Å². The molecule has 0 saturated heterocycles. The maximum atomic E-state index is 13.1. The van der Waals surface area contributed by atoms with Gasteiger partial charge >= 0.3 is 0 Å². The van der Waals surface area contributed by atoms with E-state index in [-0.39, 0.29) is 12.1 Å². The van der Waals surface area contributed by atoms with Gasteiger partial charge in [-0.05, 0) is 36.8 Å². The molecule has 2 N–H and O–H groups in total. The lowest BCUT2D eigenvalue weighted by Crippen LogP contribution is -2.94. The summed E-state index contributed by atoms with van der Waals surface area (Å²) < 4.78 is 0. The summed E-state index contributed by atoms with van der Waals surface area (Å²) in [4.78, 5) is 15.2. The molecule has 1 heterocycles. The van der Waals surface area contributed by atoms with Gasteiger partial charge in [0.05, 0.1) is 18.2 Å². The molecule has 2 aromatic carbocycles. The smallest absolute Gasteiger partial charge is 0.259 e. The summed E-state index contributed by atoms with van der Waals surface area (Å²) in [6.45, 7) is 5.43. The Morgan fingerprint density at radius 1 is 1.00 bits per heavy atom. The van der Waals surface area contributed by atoms with Gasteiger partial charge in [-0.2, -0.15) is 0 Å². The number of rotatable bonds is 4. The molecule has 26 heavy (non-hydrogen) atoms. The highest BCUT2D eigenvalue weighted by atomic mass is 16.2. The molecule has 2 aliphatic rings. The van der Waals surface area contributed by atoms with Gasteiger partial charge in [0.1, 0.15) is 0 Å². The highest BCUT2D eigenvalue weighted by Gasteiger charge is 2.42. The minimum Gasteiger partial charge on any atom is -0.320 e. The molecule has 2 aromatic rings. The number of amides is 1. The molecule has 4 atom stereocenters. The van der Waals surface area contributed by atoms with Crippen LogP contribution in [0.25, 0.3) is 0 Å². The second kappa shape index (κ2) is 7.24. The molecule has 0 unspecified atom stereocenters. The van der Waals surface area contributed by atoms with Gasteiger partial charge in [0, 0.05) is 11.5 Å². The summed E-state index contributed by atoms with van der Waals surface area (Å²) in [5.74, 6) is 1.62. The highest BCUT2D eigenvalue weighted by molar-refractivity contribution is 5.98. The van der Waals surface area contributed by atoms with Crippen molar-refractivity contribution in [1.82, 2.24) is 4.90 Å². The minimum atomic E-state index is 0.0941. The molecule has 136 valence electrons. The Bertz CT molecular complexity index is 773. The van der Waals surface area contributed by atoms with Crippen LogP contribution in [0.15, 0.2) is 54.6 Å². The van der Waals surface area contributed by atoms with Crippen LogP contribution in [0.3, 0.4) is 0 Å². The highest BCUT2D eigenvalue weighted by Crippen LogP contribution is 2.33. The van der Waals surface area contributed by atoms with E-state index in [2.05, 4.69) is 48.3 Å². The lowest BCUT2D eigenvalue weighted by molar-refractivity contribution is -0.751. The third-order valence-corrected chi connectivity index (χ3v) is 6.50. The number of quaternary nitrogens is 1. The van der Waals surface area contributed by atoms with Crippen LogP contribution < -0.4 is 5.32 Å². The number of fused-ring (bicyclic) bond motifs is 1. The molecule has 0 aromatic heterocycles. The molecule has 0 spiro atoms. The fourth-order valence-corrected chi connectivity index (χ4v) is 4.69. The van der Waals surface area contributed by atoms with Gasteiger partial charge in [-0.25, -0.2) is 0 Å². The van der Waals surface area contributed by atoms with Crippen molar-refractivity contribution in [3.63, 3.8) is 0 Å². The van der Waals surface area contributed by atoms with Crippen LogP contribution in [-0.2, 0) is 6.54 Å². The molecular weight excluding hydrogens is 320 g/mol. The first-order valence-electron chi connectivity index (χ1n) is 9.94. The summed E-state index contributed by atoms with van der Waals surface area (Å²) >= 11 is 0. The Morgan fingerprint density at radius 3 is 2.54 bits per heavy atom. The zero-order valence-corrected chi connectivity index (χ0v) is 15.8. The first-order valence-corrected chi connectivity index (χ1v) is 9.94. The average Bonchev–Trinajstić information content (AvgIpc) is 2.92. The summed E-state index contributed by atoms with van der Waals surface area (Å²) in [5.41, 5.74) is 3.25. The third-order valence-electron chi connectivity index (χ3n) is 6.50. The molecule has 1 amide bonds. The van der Waals surface area contributed by atoms with Crippen molar-refractivity contribution in [2.45, 2.75) is 51.9 Å². The SMILES string of the molecule is C[C@@H]1[C@H](C)CCC[C@H]1[NH2+][C@@H]1c2ccccc2C(=O)N1Cc1ccccc1. The second-order valence-corrected chi connectivity index (χ2v) is 8.07. The van der Waals surface area contributed by atoms with Crippen LogP contribution in [0, 0.1) is 11.8 Å². The summed E-state index contributed by atoms with van der Waals surface area (Å²) in [5, 5.41) is 2.48. The maximum absolute atomic E-state index is 13.1. The zero-order valence-electron chi connectivity index (χ0n) is 15.8. The topological polar surface area (TPSA) is 36.9 Å². The van der Waals surface area contributed by atoms with Crippen molar-refractivity contribution in [1.29, 1.82) is 0 Å². The Kier molecular flexibility index (Phi) is 4.82. The van der Waals surface area contributed by atoms with E-state index in [1.54, 1.807) is 0 Å². The van der Waals surface area contributed by atoms with Crippen LogP contribution in [0.2, 0.25) is 0 Å². The minimum absolute atomic E-state index is 0.0941. The van der Waals surface area contributed by atoms with E-state index in [1.807, 2.05) is 30.3 Å². The molecule has 0 radical (unpaired) electrons. The predicted molar refractivity (Wildman–Crippen MR) is 103 cm³/mol. The molecule has 4 rings (SSSR count). The third kappa shape index (κ3) is 3.16. The van der Waals surface area contributed by atoms with Crippen molar-refractivity contribution in [3.8, 4) is 0 Å². The molecule has 1 fully saturated rings. The molecule has 3 nitrogen and oxygen atoms in total. The van der Waals surface area contributed by atoms with Crippen molar-refractivity contribution in [2.24, 2.45) is 11.8 Å². The van der Waals surface area contributed by atoms with Crippen LogP contribution in [0.5, 0.6) is 0 Å². The fourth-order valence-electron chi connectivity index (χ4n) is 4.69. The maximum Gasteiger partial charge on any atom is 0.259 e. The number of nitrogens with two attached hydrogens (primary N) is 1. The lowest BCUT2D eigenvalue weighted by Gasteiger charge is -2.35. The Morgan fingerprint density at radius 2 is 1.73 bits per heavy atom. The average molecular weight is 349 g/mol. The summed E-state index contributed by atoms with van der Waals surface area (Å²) in [7, 11) is 0. The Labute approximate surface area is 156 Å². The van der Waals surface area contributed by atoms with E-state index < -0.39 is 0 Å². The summed E-state index contributed by atoms with van der Waals surface area (Å²) in [6, 6.07) is 19.1. The van der Waals surface area contributed by atoms with E-state index in [1.165, 1.54) is 30.4 Å². The lowest BCUT2D eigenvalue weighted by atomic mass is 9.78. The van der Waals surface area contributed by atoms with E-state index in [4.69, 9.17) is 0 Å². The molecule has 0 bridgehead atoms. The number of nitrogens with zero attached hydrogens (tertiary/aromatic N) is 1. The quantitative estimate of drug-likeness (QED) is 0.897. The molecule has 3 heteroatoms. The number of benzene rings is 2.